The van der Waals surface area contributed by atoms with Crippen molar-refractivity contribution in [2.75, 3.05) is 57.5 Å². The Morgan fingerprint density at radius 3 is 2.67 bits per heavy atom. The molecule has 2 aromatic rings. The van der Waals surface area contributed by atoms with Gasteiger partial charge in [-0.15, -0.1) is 0 Å². The van der Waals surface area contributed by atoms with E-state index in [9.17, 15) is 5.11 Å². The van der Waals surface area contributed by atoms with Gasteiger partial charge in [0.15, 0.2) is 0 Å². The number of hydrogen-bond donors (Lipinski definition) is 1. The van der Waals surface area contributed by atoms with E-state index in [1.54, 1.807) is 0 Å². The molecule has 1 aromatic heterocycles. The molecule has 2 aliphatic rings. The summed E-state index contributed by atoms with van der Waals surface area (Å²) in [6.45, 7) is 9.82. The molecule has 3 heterocycles. The topological polar surface area (TPSA) is 80.4 Å². The van der Waals surface area contributed by atoms with Crippen LogP contribution in [0, 0.1) is 0 Å². The highest BCUT2D eigenvalue weighted by molar-refractivity contribution is 5.68. The molecule has 0 bridgehead atoms. The monoisotopic (exact) mass is 459 g/mol. The van der Waals surface area contributed by atoms with Crippen molar-refractivity contribution < 1.29 is 23.8 Å². The molecule has 1 N–H and O–H groups in total. The van der Waals surface area contributed by atoms with Crippen LogP contribution in [0.15, 0.2) is 34.9 Å². The Kier molecular flexibility index (Phi) is 8.75. The van der Waals surface area contributed by atoms with Crippen molar-refractivity contribution in [3.8, 4) is 11.3 Å². The Balaban J connectivity index is 1.58. The smallest absolute Gasteiger partial charge is 0.232 e. The molecule has 1 aromatic carbocycles. The number of rotatable bonds is 11. The third-order valence-corrected chi connectivity index (χ3v) is 6.07. The van der Waals surface area contributed by atoms with E-state index < -0.39 is 6.10 Å². The number of anilines is 1. The fraction of sp³-hybridized carbons (Fsp3) is 0.640. The Bertz CT molecular complexity index is 832. The van der Waals surface area contributed by atoms with Crippen LogP contribution >= 0.6 is 0 Å². The first-order chi connectivity index (χ1) is 16.1. The predicted octanol–water partition coefficient (Wildman–Crippen LogP) is 2.95. The lowest BCUT2D eigenvalue weighted by atomic mass is 10.1. The lowest BCUT2D eigenvalue weighted by molar-refractivity contribution is -0.0172. The highest BCUT2D eigenvalue weighted by Crippen LogP contribution is 2.33. The van der Waals surface area contributed by atoms with Gasteiger partial charge >= 0.3 is 0 Å². The second-order valence-corrected chi connectivity index (χ2v) is 9.15. The average molecular weight is 460 g/mol. The van der Waals surface area contributed by atoms with E-state index in [4.69, 9.17) is 18.7 Å². The molecule has 8 heteroatoms. The molecule has 0 saturated carbocycles. The molecule has 0 spiro atoms. The van der Waals surface area contributed by atoms with E-state index in [1.807, 2.05) is 32.0 Å². The minimum absolute atomic E-state index is 0.0851. The van der Waals surface area contributed by atoms with Crippen LogP contribution in [0.3, 0.4) is 0 Å². The zero-order chi connectivity index (χ0) is 23.0. The zero-order valence-corrected chi connectivity index (χ0v) is 19.8. The second-order valence-electron chi connectivity index (χ2n) is 9.15. The number of aromatic nitrogens is 1. The summed E-state index contributed by atoms with van der Waals surface area (Å²) < 4.78 is 23.0. The molecule has 0 aliphatic carbocycles. The number of ether oxygens (including phenoxy) is 3. The number of aliphatic hydroxyl groups is 1. The zero-order valence-electron chi connectivity index (χ0n) is 19.8. The maximum atomic E-state index is 10.7. The van der Waals surface area contributed by atoms with Gasteiger partial charge in [0.05, 0.1) is 43.7 Å². The van der Waals surface area contributed by atoms with E-state index in [-0.39, 0.29) is 12.2 Å². The Morgan fingerprint density at radius 2 is 1.97 bits per heavy atom. The van der Waals surface area contributed by atoms with Crippen molar-refractivity contribution in [1.29, 1.82) is 0 Å². The van der Waals surface area contributed by atoms with Gasteiger partial charge in [0.25, 0.3) is 0 Å². The molecule has 0 amide bonds. The van der Waals surface area contributed by atoms with Crippen LogP contribution in [0.1, 0.15) is 32.3 Å². The summed E-state index contributed by atoms with van der Waals surface area (Å²) in [5.41, 5.74) is 2.91. The molecule has 2 fully saturated rings. The molecule has 33 heavy (non-hydrogen) atoms. The fourth-order valence-electron chi connectivity index (χ4n) is 4.44. The van der Waals surface area contributed by atoms with Gasteiger partial charge in [0, 0.05) is 44.9 Å². The van der Waals surface area contributed by atoms with Crippen molar-refractivity contribution >= 4 is 5.88 Å². The van der Waals surface area contributed by atoms with Gasteiger partial charge in [0.1, 0.15) is 5.69 Å². The van der Waals surface area contributed by atoms with E-state index in [2.05, 4.69) is 27.1 Å². The third-order valence-electron chi connectivity index (χ3n) is 6.07. The molecule has 4 rings (SSSR count). The van der Waals surface area contributed by atoms with E-state index >= 15 is 0 Å². The van der Waals surface area contributed by atoms with Crippen molar-refractivity contribution in [2.24, 2.45) is 0 Å². The number of aliphatic hydroxyl groups excluding tert-OH is 1. The summed E-state index contributed by atoms with van der Waals surface area (Å²) in [6, 6.07) is 10.1. The lowest BCUT2D eigenvalue weighted by Gasteiger charge is -2.30. The van der Waals surface area contributed by atoms with Crippen molar-refractivity contribution in [2.45, 2.75) is 51.5 Å². The van der Waals surface area contributed by atoms with Gasteiger partial charge in [-0.05, 0) is 26.7 Å². The standard InChI is InChI=1S/C25H37N3O5/c1-19(2)32-18-21(29)15-27(16-22-9-6-12-31-22)17-23-24(20-7-4-3-5-8-20)26-33-25(23)28-10-13-30-14-11-28/h3-5,7-8,19,21-22,29H,6,9-18H2,1-2H3/t21-,22-/m0/s1. The largest absolute Gasteiger partial charge is 0.389 e. The highest BCUT2D eigenvalue weighted by Gasteiger charge is 2.28. The van der Waals surface area contributed by atoms with Gasteiger partial charge in [-0.25, -0.2) is 0 Å². The van der Waals surface area contributed by atoms with Crippen LogP contribution in [-0.2, 0) is 20.8 Å². The van der Waals surface area contributed by atoms with Crippen molar-refractivity contribution in [3.63, 3.8) is 0 Å². The molecular formula is C25H37N3O5. The van der Waals surface area contributed by atoms with Gasteiger partial charge in [-0.3, -0.25) is 4.90 Å². The maximum Gasteiger partial charge on any atom is 0.232 e. The van der Waals surface area contributed by atoms with Crippen LogP contribution in [0.25, 0.3) is 11.3 Å². The van der Waals surface area contributed by atoms with Crippen LogP contribution in [0.4, 0.5) is 5.88 Å². The molecule has 2 saturated heterocycles. The summed E-state index contributed by atoms with van der Waals surface area (Å²) >= 11 is 0. The minimum Gasteiger partial charge on any atom is -0.389 e. The van der Waals surface area contributed by atoms with Crippen LogP contribution in [0.5, 0.6) is 0 Å². The Hall–Kier alpha value is -1.97. The molecule has 2 aliphatic heterocycles. The normalized spacial score (nSPS) is 20.2. The molecule has 8 nitrogen and oxygen atoms in total. The highest BCUT2D eigenvalue weighted by atomic mass is 16.5. The van der Waals surface area contributed by atoms with Crippen LogP contribution in [0.2, 0.25) is 0 Å². The quantitative estimate of drug-likeness (QED) is 0.549. The van der Waals surface area contributed by atoms with E-state index in [0.717, 1.165) is 61.8 Å². The SMILES string of the molecule is CC(C)OC[C@@H](O)CN(Cc1c(-c2ccccc2)noc1N1CCOCC1)C[C@@H]1CCCO1. The average Bonchev–Trinajstić information content (AvgIpc) is 3.49. The number of morpholine rings is 1. The second kappa shape index (κ2) is 11.9. The maximum absolute atomic E-state index is 10.7. The summed E-state index contributed by atoms with van der Waals surface area (Å²) in [5.74, 6) is 0.794. The summed E-state index contributed by atoms with van der Waals surface area (Å²) in [4.78, 5) is 4.47. The third kappa shape index (κ3) is 6.77. The van der Waals surface area contributed by atoms with Gasteiger partial charge < -0.3 is 28.7 Å². The lowest BCUT2D eigenvalue weighted by Crippen LogP contribution is -2.40. The number of benzene rings is 1. The van der Waals surface area contributed by atoms with E-state index in [1.165, 1.54) is 0 Å². The van der Waals surface area contributed by atoms with Crippen molar-refractivity contribution in [1.82, 2.24) is 10.1 Å². The molecule has 0 radical (unpaired) electrons. The van der Waals surface area contributed by atoms with Crippen molar-refractivity contribution in [3.05, 3.63) is 35.9 Å². The molecular weight excluding hydrogens is 422 g/mol. The molecule has 2 atom stereocenters. The first kappa shape index (κ1) is 24.2. The van der Waals surface area contributed by atoms with Crippen LogP contribution in [-0.4, -0.2) is 86.1 Å². The Labute approximate surface area is 196 Å². The first-order valence-electron chi connectivity index (χ1n) is 12.1. The van der Waals surface area contributed by atoms with Gasteiger partial charge in [-0.2, -0.15) is 0 Å². The van der Waals surface area contributed by atoms with Gasteiger partial charge in [-0.1, -0.05) is 35.5 Å². The number of nitrogens with zero attached hydrogens (tertiary/aromatic N) is 3. The van der Waals surface area contributed by atoms with Gasteiger partial charge in [0.2, 0.25) is 5.88 Å². The first-order valence-corrected chi connectivity index (χ1v) is 12.1. The molecule has 0 unspecified atom stereocenters. The Morgan fingerprint density at radius 1 is 1.18 bits per heavy atom. The van der Waals surface area contributed by atoms with E-state index in [0.29, 0.717) is 32.9 Å². The summed E-state index contributed by atoms with van der Waals surface area (Å²) in [6.07, 6.45) is 1.80. The predicted molar refractivity (Wildman–Crippen MR) is 126 cm³/mol. The summed E-state index contributed by atoms with van der Waals surface area (Å²) in [7, 11) is 0. The van der Waals surface area contributed by atoms with Crippen LogP contribution < -0.4 is 4.90 Å². The minimum atomic E-state index is -0.583. The number of hydrogen-bond acceptors (Lipinski definition) is 8. The fourth-order valence-corrected chi connectivity index (χ4v) is 4.44. The molecule has 182 valence electrons. The summed E-state index contributed by atoms with van der Waals surface area (Å²) in [5, 5.41) is 15.2.